The molecule has 6 nitrogen and oxygen atoms in total. The number of hydrogen-bond donors (Lipinski definition) is 1. The van der Waals surface area contributed by atoms with Gasteiger partial charge in [-0.3, -0.25) is 14.5 Å². The van der Waals surface area contributed by atoms with Gasteiger partial charge in [-0.2, -0.15) is 5.10 Å². The third kappa shape index (κ3) is 3.46. The molecule has 0 aromatic carbocycles. The molecule has 1 saturated carbocycles. The highest BCUT2D eigenvalue weighted by molar-refractivity contribution is 5.94. The summed E-state index contributed by atoms with van der Waals surface area (Å²) >= 11 is 0. The van der Waals surface area contributed by atoms with Gasteiger partial charge in [-0.1, -0.05) is 25.8 Å². The van der Waals surface area contributed by atoms with Crippen molar-refractivity contribution in [1.82, 2.24) is 15.1 Å². The van der Waals surface area contributed by atoms with Crippen molar-refractivity contribution in [3.63, 3.8) is 0 Å². The molecule has 2 heterocycles. The van der Waals surface area contributed by atoms with Gasteiger partial charge in [0.2, 0.25) is 11.8 Å². The van der Waals surface area contributed by atoms with E-state index >= 15 is 0 Å². The van der Waals surface area contributed by atoms with Gasteiger partial charge in [0.1, 0.15) is 5.82 Å². The number of anilines is 1. The Morgan fingerprint density at radius 2 is 2.09 bits per heavy atom. The summed E-state index contributed by atoms with van der Waals surface area (Å²) in [6.07, 6.45) is 8.50. The molecule has 1 N–H and O–H groups in total. The molecular weight excluding hydrogens is 292 g/mol. The van der Waals surface area contributed by atoms with E-state index in [4.69, 9.17) is 0 Å². The summed E-state index contributed by atoms with van der Waals surface area (Å²) in [5.41, 5.74) is 0. The first kappa shape index (κ1) is 15.8. The average molecular weight is 316 g/mol. The minimum atomic E-state index is -0.179. The van der Waals surface area contributed by atoms with Crippen molar-refractivity contribution in [2.24, 2.45) is 11.8 Å². The van der Waals surface area contributed by atoms with Gasteiger partial charge >= 0.3 is 0 Å². The van der Waals surface area contributed by atoms with E-state index in [0.717, 1.165) is 31.5 Å². The Morgan fingerprint density at radius 3 is 2.83 bits per heavy atom. The van der Waals surface area contributed by atoms with Gasteiger partial charge in [0.05, 0.1) is 6.20 Å². The van der Waals surface area contributed by atoms with Crippen molar-refractivity contribution < 1.29 is 9.59 Å². The van der Waals surface area contributed by atoms with Crippen LogP contribution in [0.25, 0.3) is 0 Å². The molecule has 1 fully saturated rings. The third-order valence-electron chi connectivity index (χ3n) is 4.81. The Balaban J connectivity index is 1.72. The first-order chi connectivity index (χ1) is 11.2. The van der Waals surface area contributed by atoms with Gasteiger partial charge < -0.3 is 5.32 Å². The second kappa shape index (κ2) is 6.98. The lowest BCUT2D eigenvalue weighted by Gasteiger charge is -2.36. The van der Waals surface area contributed by atoms with Crippen LogP contribution in [0.4, 0.5) is 5.82 Å². The number of rotatable bonds is 4. The molecule has 0 bridgehead atoms. The highest BCUT2D eigenvalue weighted by atomic mass is 16.2. The molecule has 0 saturated heterocycles. The van der Waals surface area contributed by atoms with Gasteiger partial charge in [0.25, 0.3) is 0 Å². The maximum atomic E-state index is 12.9. The Morgan fingerprint density at radius 1 is 1.30 bits per heavy atom. The highest BCUT2D eigenvalue weighted by Gasteiger charge is 2.33. The van der Waals surface area contributed by atoms with Crippen LogP contribution in [0.3, 0.4) is 0 Å². The lowest BCUT2D eigenvalue weighted by Crippen LogP contribution is -2.48. The summed E-state index contributed by atoms with van der Waals surface area (Å²) in [7, 11) is 0. The number of fused-ring (bicyclic) bond motifs is 1. The van der Waals surface area contributed by atoms with Crippen molar-refractivity contribution in [1.29, 1.82) is 0 Å². The van der Waals surface area contributed by atoms with E-state index in [-0.39, 0.29) is 23.7 Å². The van der Waals surface area contributed by atoms with Crippen LogP contribution in [0.2, 0.25) is 0 Å². The molecule has 1 aliphatic heterocycles. The van der Waals surface area contributed by atoms with Crippen LogP contribution in [0.15, 0.2) is 24.9 Å². The Labute approximate surface area is 136 Å². The summed E-state index contributed by atoms with van der Waals surface area (Å²) in [5.74, 6) is 1.21. The molecule has 2 aliphatic rings. The van der Waals surface area contributed by atoms with Gasteiger partial charge in [-0.15, -0.1) is 0 Å². The first-order valence-electron chi connectivity index (χ1n) is 8.42. The molecule has 1 aromatic rings. The quantitative estimate of drug-likeness (QED) is 0.860. The van der Waals surface area contributed by atoms with Crippen LogP contribution in [-0.2, 0) is 16.1 Å². The number of nitrogens with one attached hydrogen (secondary N) is 1. The van der Waals surface area contributed by atoms with E-state index < -0.39 is 0 Å². The molecule has 124 valence electrons. The second-order valence-corrected chi connectivity index (χ2v) is 6.47. The molecular formula is C17H24N4O2. The number of aromatic nitrogens is 2. The number of hydrogen-bond acceptors (Lipinski definition) is 3. The summed E-state index contributed by atoms with van der Waals surface area (Å²) in [4.78, 5) is 26.2. The van der Waals surface area contributed by atoms with Crippen molar-refractivity contribution in [3.8, 4) is 0 Å². The molecule has 1 aromatic heterocycles. The normalized spacial score (nSPS) is 21.6. The van der Waals surface area contributed by atoms with Crippen molar-refractivity contribution in [3.05, 3.63) is 24.9 Å². The lowest BCUT2D eigenvalue weighted by molar-refractivity contribution is -0.123. The van der Waals surface area contributed by atoms with Crippen LogP contribution in [0.1, 0.15) is 32.1 Å². The predicted octanol–water partition coefficient (Wildman–Crippen LogP) is 1.73. The van der Waals surface area contributed by atoms with Gasteiger partial charge in [0, 0.05) is 37.5 Å². The highest BCUT2D eigenvalue weighted by Crippen LogP contribution is 2.30. The van der Waals surface area contributed by atoms with Crippen LogP contribution < -0.4 is 10.2 Å². The fraction of sp³-hybridized carbons (Fsp3) is 0.588. The van der Waals surface area contributed by atoms with E-state index in [1.54, 1.807) is 6.20 Å². The van der Waals surface area contributed by atoms with Crippen molar-refractivity contribution in [2.75, 3.05) is 18.0 Å². The molecule has 6 heteroatoms. The zero-order valence-electron chi connectivity index (χ0n) is 13.4. The van der Waals surface area contributed by atoms with Crippen LogP contribution in [0.5, 0.6) is 0 Å². The standard InChI is InChI=1S/C17H24N4O2/c1-2-15(22)18-10-13-11-20(16-8-9-19-21(16)12-13)17(23)14-6-4-3-5-7-14/h2,8-9,13-14H,1,3-7,10-12H2,(H,18,22)/t13-/m0/s1. The monoisotopic (exact) mass is 316 g/mol. The van der Waals surface area contributed by atoms with E-state index in [9.17, 15) is 9.59 Å². The Kier molecular flexibility index (Phi) is 4.79. The maximum absolute atomic E-state index is 12.9. The van der Waals surface area contributed by atoms with Crippen LogP contribution >= 0.6 is 0 Å². The topological polar surface area (TPSA) is 67.2 Å². The lowest BCUT2D eigenvalue weighted by atomic mass is 9.88. The maximum Gasteiger partial charge on any atom is 0.243 e. The molecule has 2 amide bonds. The smallest absolute Gasteiger partial charge is 0.243 e. The summed E-state index contributed by atoms with van der Waals surface area (Å²) in [6, 6.07) is 1.90. The summed E-state index contributed by atoms with van der Waals surface area (Å²) < 4.78 is 1.87. The van der Waals surface area contributed by atoms with Crippen molar-refractivity contribution in [2.45, 2.75) is 38.6 Å². The average Bonchev–Trinajstić information content (AvgIpc) is 3.07. The van der Waals surface area contributed by atoms with E-state index in [1.165, 1.54) is 12.5 Å². The number of carbonyl (C=O) groups is 2. The number of nitrogens with zero attached hydrogens (tertiary/aromatic N) is 3. The summed E-state index contributed by atoms with van der Waals surface area (Å²) in [5, 5.41) is 7.15. The third-order valence-corrected chi connectivity index (χ3v) is 4.81. The number of amides is 2. The minimum absolute atomic E-state index is 0.133. The SMILES string of the molecule is C=CC(=O)NC[C@H]1CN(C(=O)C2CCCCC2)c2ccnn2C1. The molecule has 0 radical (unpaired) electrons. The van der Waals surface area contributed by atoms with E-state index in [2.05, 4.69) is 17.0 Å². The predicted molar refractivity (Wildman–Crippen MR) is 87.9 cm³/mol. The zero-order chi connectivity index (χ0) is 16.2. The van der Waals surface area contributed by atoms with Gasteiger partial charge in [0.15, 0.2) is 0 Å². The molecule has 1 aliphatic carbocycles. The summed E-state index contributed by atoms with van der Waals surface area (Å²) in [6.45, 7) is 5.34. The zero-order valence-corrected chi connectivity index (χ0v) is 13.4. The molecule has 23 heavy (non-hydrogen) atoms. The van der Waals surface area contributed by atoms with E-state index in [0.29, 0.717) is 19.6 Å². The van der Waals surface area contributed by atoms with E-state index in [1.807, 2.05) is 15.6 Å². The Bertz CT molecular complexity index is 589. The molecule has 0 unspecified atom stereocenters. The fourth-order valence-corrected chi connectivity index (χ4v) is 3.57. The molecule has 0 spiro atoms. The van der Waals surface area contributed by atoms with Gasteiger partial charge in [-0.25, -0.2) is 4.68 Å². The van der Waals surface area contributed by atoms with Crippen molar-refractivity contribution >= 4 is 17.6 Å². The first-order valence-corrected chi connectivity index (χ1v) is 8.42. The number of carbonyl (C=O) groups excluding carboxylic acids is 2. The van der Waals surface area contributed by atoms with Crippen LogP contribution in [0, 0.1) is 11.8 Å². The van der Waals surface area contributed by atoms with Gasteiger partial charge in [-0.05, 0) is 18.9 Å². The minimum Gasteiger partial charge on any atom is -0.352 e. The molecule has 3 rings (SSSR count). The largest absolute Gasteiger partial charge is 0.352 e. The Hall–Kier alpha value is -2.11. The van der Waals surface area contributed by atoms with Crippen LogP contribution in [-0.4, -0.2) is 34.7 Å². The fourth-order valence-electron chi connectivity index (χ4n) is 3.57. The second-order valence-electron chi connectivity index (χ2n) is 6.47. The molecule has 1 atom stereocenters.